The van der Waals surface area contributed by atoms with Gasteiger partial charge < -0.3 is 10.2 Å². The molecule has 2 unspecified atom stereocenters. The van der Waals surface area contributed by atoms with Crippen LogP contribution in [0, 0.1) is 5.41 Å². The van der Waals surface area contributed by atoms with Crippen molar-refractivity contribution in [3.63, 3.8) is 0 Å². The fourth-order valence-corrected chi connectivity index (χ4v) is 0.909. The van der Waals surface area contributed by atoms with Gasteiger partial charge in [-0.3, -0.25) is 0 Å². The molecule has 3 heteroatoms. The predicted octanol–water partition coefficient (Wildman–Crippen LogP) is 1.38. The Morgan fingerprint density at radius 2 is 1.82 bits per heavy atom. The van der Waals surface area contributed by atoms with Crippen LogP contribution in [-0.2, 0) is 0 Å². The minimum Gasteiger partial charge on any atom is -0.393 e. The lowest BCUT2D eigenvalue weighted by Gasteiger charge is -2.28. The van der Waals surface area contributed by atoms with Crippen LogP contribution in [0.5, 0.6) is 0 Å². The van der Waals surface area contributed by atoms with Crippen molar-refractivity contribution < 1.29 is 10.2 Å². The summed E-state index contributed by atoms with van der Waals surface area (Å²) in [5.74, 6) is 0.404. The second-order valence-corrected chi connectivity index (χ2v) is 3.99. The smallest absolute Gasteiger partial charge is 0.0627 e. The maximum Gasteiger partial charge on any atom is 0.0627 e. The molecule has 0 aromatic rings. The Kier molecular flexibility index (Phi) is 4.37. The third-order valence-corrected chi connectivity index (χ3v) is 2.50. The van der Waals surface area contributed by atoms with Gasteiger partial charge in [0.1, 0.15) is 0 Å². The van der Waals surface area contributed by atoms with Crippen LogP contribution < -0.4 is 0 Å². The Bertz CT molecular complexity index is 113. The Labute approximate surface area is 73.2 Å². The molecule has 2 atom stereocenters. The number of halogens is 1. The van der Waals surface area contributed by atoms with Crippen LogP contribution in [0.25, 0.3) is 0 Å². The molecule has 0 spiro atoms. The molecule has 0 aliphatic carbocycles. The maximum atomic E-state index is 9.50. The molecule has 0 aromatic heterocycles. The molecule has 0 fully saturated rings. The van der Waals surface area contributed by atoms with E-state index in [0.717, 1.165) is 0 Å². The van der Waals surface area contributed by atoms with Gasteiger partial charge in [-0.1, -0.05) is 13.8 Å². The van der Waals surface area contributed by atoms with Crippen molar-refractivity contribution in [2.24, 2.45) is 5.41 Å². The molecule has 0 amide bonds. The fourth-order valence-electron chi connectivity index (χ4n) is 0.731. The number of aliphatic hydroxyl groups excluding tert-OH is 2. The number of aliphatic hydroxyl groups is 2. The highest BCUT2D eigenvalue weighted by Gasteiger charge is 2.27. The first-order valence-corrected chi connectivity index (χ1v) is 4.35. The molecular formula is C8H17ClO2. The molecule has 0 aliphatic heterocycles. The SMILES string of the molecule is CC(O)CC(O)C(C)(C)CCl. The minimum absolute atomic E-state index is 0.307. The van der Waals surface area contributed by atoms with Gasteiger partial charge in [0.2, 0.25) is 0 Å². The summed E-state index contributed by atoms with van der Waals surface area (Å²) in [4.78, 5) is 0. The fraction of sp³-hybridized carbons (Fsp3) is 1.00. The molecule has 68 valence electrons. The van der Waals surface area contributed by atoms with Crippen LogP contribution >= 0.6 is 11.6 Å². The highest BCUT2D eigenvalue weighted by Crippen LogP contribution is 2.25. The van der Waals surface area contributed by atoms with Crippen molar-refractivity contribution in [2.75, 3.05) is 5.88 Å². The number of rotatable bonds is 4. The van der Waals surface area contributed by atoms with Gasteiger partial charge in [-0.25, -0.2) is 0 Å². The Morgan fingerprint density at radius 3 is 2.09 bits per heavy atom. The summed E-state index contributed by atoms with van der Waals surface area (Å²) in [6.45, 7) is 5.42. The van der Waals surface area contributed by atoms with E-state index < -0.39 is 12.2 Å². The second-order valence-electron chi connectivity index (χ2n) is 3.72. The number of hydrogen-bond donors (Lipinski definition) is 2. The number of hydrogen-bond acceptors (Lipinski definition) is 2. The zero-order valence-corrected chi connectivity index (χ0v) is 8.10. The van der Waals surface area contributed by atoms with Crippen molar-refractivity contribution in [3.8, 4) is 0 Å². The van der Waals surface area contributed by atoms with Crippen LogP contribution in [0.15, 0.2) is 0 Å². The highest BCUT2D eigenvalue weighted by atomic mass is 35.5. The van der Waals surface area contributed by atoms with E-state index in [2.05, 4.69) is 0 Å². The van der Waals surface area contributed by atoms with Gasteiger partial charge in [0.15, 0.2) is 0 Å². The Hall–Kier alpha value is 0.210. The molecule has 11 heavy (non-hydrogen) atoms. The van der Waals surface area contributed by atoms with E-state index in [9.17, 15) is 5.11 Å². The highest BCUT2D eigenvalue weighted by molar-refractivity contribution is 6.18. The van der Waals surface area contributed by atoms with Gasteiger partial charge in [0.25, 0.3) is 0 Å². The average molecular weight is 181 g/mol. The van der Waals surface area contributed by atoms with E-state index >= 15 is 0 Å². The normalized spacial score (nSPS) is 18.0. The molecule has 0 aromatic carbocycles. The largest absolute Gasteiger partial charge is 0.393 e. The van der Waals surface area contributed by atoms with E-state index in [1.54, 1.807) is 6.92 Å². The zero-order valence-electron chi connectivity index (χ0n) is 7.34. The van der Waals surface area contributed by atoms with E-state index in [1.165, 1.54) is 0 Å². The van der Waals surface area contributed by atoms with Gasteiger partial charge in [-0.05, 0) is 13.3 Å². The van der Waals surface area contributed by atoms with Crippen molar-refractivity contribution >= 4 is 11.6 Å². The van der Waals surface area contributed by atoms with E-state index in [1.807, 2.05) is 13.8 Å². The number of alkyl halides is 1. The monoisotopic (exact) mass is 180 g/mol. The molecular weight excluding hydrogens is 164 g/mol. The standard InChI is InChI=1S/C8H17ClO2/c1-6(10)4-7(11)8(2,3)5-9/h6-7,10-11H,4-5H2,1-3H3. The molecule has 0 radical (unpaired) electrons. The third kappa shape index (κ3) is 3.94. The molecule has 0 aliphatic rings. The summed E-state index contributed by atoms with van der Waals surface area (Å²) < 4.78 is 0. The van der Waals surface area contributed by atoms with Crippen molar-refractivity contribution in [3.05, 3.63) is 0 Å². The summed E-state index contributed by atoms with van der Waals surface area (Å²) in [7, 11) is 0. The van der Waals surface area contributed by atoms with Crippen LogP contribution in [0.1, 0.15) is 27.2 Å². The van der Waals surface area contributed by atoms with Crippen LogP contribution in [0.2, 0.25) is 0 Å². The van der Waals surface area contributed by atoms with Crippen LogP contribution in [0.4, 0.5) is 0 Å². The van der Waals surface area contributed by atoms with Gasteiger partial charge >= 0.3 is 0 Å². The summed E-state index contributed by atoms with van der Waals surface area (Å²) in [6.07, 6.45) is -0.604. The Balaban J connectivity index is 3.90. The van der Waals surface area contributed by atoms with Crippen LogP contribution in [0.3, 0.4) is 0 Å². The van der Waals surface area contributed by atoms with E-state index in [4.69, 9.17) is 16.7 Å². The summed E-state index contributed by atoms with van der Waals surface area (Å²) in [6, 6.07) is 0. The van der Waals surface area contributed by atoms with Crippen molar-refractivity contribution in [1.29, 1.82) is 0 Å². The summed E-state index contributed by atoms with van der Waals surface area (Å²) >= 11 is 5.63. The van der Waals surface area contributed by atoms with Gasteiger partial charge in [0.05, 0.1) is 12.2 Å². The molecule has 0 heterocycles. The third-order valence-electron chi connectivity index (χ3n) is 1.81. The topological polar surface area (TPSA) is 40.5 Å². The zero-order chi connectivity index (χ0) is 9.07. The maximum absolute atomic E-state index is 9.50. The van der Waals surface area contributed by atoms with Crippen molar-refractivity contribution in [1.82, 2.24) is 0 Å². The summed E-state index contributed by atoms with van der Waals surface area (Å²) in [5.41, 5.74) is -0.307. The van der Waals surface area contributed by atoms with E-state index in [0.29, 0.717) is 12.3 Å². The lowest BCUT2D eigenvalue weighted by molar-refractivity contribution is 0.0206. The molecule has 0 rings (SSSR count). The molecule has 0 bridgehead atoms. The van der Waals surface area contributed by atoms with Crippen LogP contribution in [-0.4, -0.2) is 28.3 Å². The lowest BCUT2D eigenvalue weighted by Crippen LogP contribution is -2.33. The van der Waals surface area contributed by atoms with Gasteiger partial charge in [0, 0.05) is 11.3 Å². The molecule has 2 N–H and O–H groups in total. The first kappa shape index (κ1) is 11.2. The first-order valence-electron chi connectivity index (χ1n) is 3.82. The summed E-state index contributed by atoms with van der Waals surface area (Å²) in [5, 5.41) is 18.5. The Morgan fingerprint density at radius 1 is 1.36 bits per heavy atom. The van der Waals surface area contributed by atoms with E-state index in [-0.39, 0.29) is 5.41 Å². The molecule has 2 nitrogen and oxygen atoms in total. The quantitative estimate of drug-likeness (QED) is 0.642. The lowest BCUT2D eigenvalue weighted by atomic mass is 9.86. The van der Waals surface area contributed by atoms with Gasteiger partial charge in [-0.2, -0.15) is 0 Å². The minimum atomic E-state index is -0.528. The van der Waals surface area contributed by atoms with Crippen molar-refractivity contribution in [2.45, 2.75) is 39.4 Å². The first-order chi connectivity index (χ1) is 4.90. The molecule has 0 saturated heterocycles. The molecule has 0 saturated carbocycles. The second kappa shape index (κ2) is 4.29. The predicted molar refractivity (Wildman–Crippen MR) is 46.8 cm³/mol. The van der Waals surface area contributed by atoms with Gasteiger partial charge in [-0.15, -0.1) is 11.6 Å². The average Bonchev–Trinajstić information content (AvgIpc) is 1.86.